The maximum absolute atomic E-state index is 11.7. The molecule has 0 unspecified atom stereocenters. The maximum atomic E-state index is 11.7. The molecule has 0 saturated heterocycles. The topological polar surface area (TPSA) is 26.3 Å². The Morgan fingerprint density at radius 2 is 1.25 bits per heavy atom. The van der Waals surface area contributed by atoms with Crippen LogP contribution in [0.3, 0.4) is 0 Å². The summed E-state index contributed by atoms with van der Waals surface area (Å²) in [4.78, 5) is 11.7. The maximum Gasteiger partial charge on any atom is 0.191 e. The summed E-state index contributed by atoms with van der Waals surface area (Å²) in [5.74, 6) is 0.478. The molecule has 0 heterocycles. The SMILES string of the molecule is CCCCCC(=O)CCCCCCCCCO[Si](C)(C)C(C)(C)C. The smallest absolute Gasteiger partial charge is 0.191 e. The Balaban J connectivity index is 3.39. The Labute approximate surface area is 153 Å². The zero-order valence-corrected chi connectivity index (χ0v) is 18.5. The van der Waals surface area contributed by atoms with Crippen molar-refractivity contribution in [2.75, 3.05) is 6.61 Å². The first-order valence-electron chi connectivity index (χ1n) is 10.4. The molecule has 0 radical (unpaired) electrons. The van der Waals surface area contributed by atoms with Crippen LogP contribution in [-0.4, -0.2) is 20.7 Å². The first kappa shape index (κ1) is 23.8. The highest BCUT2D eigenvalue weighted by atomic mass is 28.4. The summed E-state index contributed by atoms with van der Waals surface area (Å²) in [6.07, 6.45) is 13.8. The van der Waals surface area contributed by atoms with E-state index >= 15 is 0 Å². The lowest BCUT2D eigenvalue weighted by Crippen LogP contribution is -2.40. The first-order chi connectivity index (χ1) is 11.2. The molecule has 0 aliphatic heterocycles. The van der Waals surface area contributed by atoms with E-state index in [9.17, 15) is 4.79 Å². The average Bonchev–Trinajstić information content (AvgIpc) is 2.48. The standard InChI is InChI=1S/C21H44O2Si/c1-7-8-14-17-20(22)18-15-12-10-9-11-13-16-19-23-24(5,6)21(2,3)4/h7-19H2,1-6H3. The second kappa shape index (κ2) is 13.1. The van der Waals surface area contributed by atoms with E-state index in [1.54, 1.807) is 0 Å². The molecule has 0 aliphatic carbocycles. The Morgan fingerprint density at radius 3 is 1.75 bits per heavy atom. The predicted octanol–water partition coefficient (Wildman–Crippen LogP) is 7.28. The first-order valence-corrected chi connectivity index (χ1v) is 13.3. The monoisotopic (exact) mass is 356 g/mol. The van der Waals surface area contributed by atoms with Crippen LogP contribution in [0.5, 0.6) is 0 Å². The van der Waals surface area contributed by atoms with Gasteiger partial charge in [0, 0.05) is 19.4 Å². The van der Waals surface area contributed by atoms with E-state index < -0.39 is 8.32 Å². The molecule has 3 heteroatoms. The number of carbonyl (C=O) groups excluding carboxylic acids is 1. The Morgan fingerprint density at radius 1 is 0.792 bits per heavy atom. The largest absolute Gasteiger partial charge is 0.417 e. The summed E-state index contributed by atoms with van der Waals surface area (Å²) in [7, 11) is -1.55. The van der Waals surface area contributed by atoms with E-state index in [4.69, 9.17) is 4.43 Å². The van der Waals surface area contributed by atoms with Crippen molar-refractivity contribution in [3.05, 3.63) is 0 Å². The number of unbranched alkanes of at least 4 members (excludes halogenated alkanes) is 8. The third-order valence-corrected chi connectivity index (χ3v) is 9.97. The van der Waals surface area contributed by atoms with E-state index in [2.05, 4.69) is 40.8 Å². The lowest BCUT2D eigenvalue weighted by molar-refractivity contribution is -0.119. The van der Waals surface area contributed by atoms with Crippen LogP contribution < -0.4 is 0 Å². The zero-order valence-electron chi connectivity index (χ0n) is 17.5. The second-order valence-electron chi connectivity index (χ2n) is 8.83. The minimum Gasteiger partial charge on any atom is -0.417 e. The van der Waals surface area contributed by atoms with Crippen molar-refractivity contribution in [1.29, 1.82) is 0 Å². The third-order valence-electron chi connectivity index (χ3n) is 5.43. The Kier molecular flexibility index (Phi) is 13.0. The van der Waals surface area contributed by atoms with Crippen molar-refractivity contribution in [3.8, 4) is 0 Å². The molecule has 0 saturated carbocycles. The van der Waals surface area contributed by atoms with Crippen LogP contribution in [-0.2, 0) is 9.22 Å². The fraction of sp³-hybridized carbons (Fsp3) is 0.952. The lowest BCUT2D eigenvalue weighted by atomic mass is 10.0. The second-order valence-corrected chi connectivity index (χ2v) is 13.6. The van der Waals surface area contributed by atoms with Crippen LogP contribution in [0.2, 0.25) is 18.1 Å². The molecule has 0 aliphatic rings. The number of hydrogen-bond acceptors (Lipinski definition) is 2. The molecule has 0 fully saturated rings. The van der Waals surface area contributed by atoms with Gasteiger partial charge in [-0.15, -0.1) is 0 Å². The van der Waals surface area contributed by atoms with Gasteiger partial charge in [-0.3, -0.25) is 4.79 Å². The molecule has 0 atom stereocenters. The minimum atomic E-state index is -1.55. The lowest BCUT2D eigenvalue weighted by Gasteiger charge is -2.36. The van der Waals surface area contributed by atoms with Gasteiger partial charge in [-0.05, 0) is 37.4 Å². The quantitative estimate of drug-likeness (QED) is 0.228. The van der Waals surface area contributed by atoms with Crippen LogP contribution in [0.4, 0.5) is 0 Å². The molecule has 0 N–H and O–H groups in total. The van der Waals surface area contributed by atoms with E-state index in [-0.39, 0.29) is 0 Å². The highest BCUT2D eigenvalue weighted by Crippen LogP contribution is 2.36. The normalized spacial score (nSPS) is 12.6. The predicted molar refractivity (Wildman–Crippen MR) is 109 cm³/mol. The molecule has 0 aromatic carbocycles. The van der Waals surface area contributed by atoms with Crippen LogP contribution in [0, 0.1) is 0 Å². The van der Waals surface area contributed by atoms with Gasteiger partial charge in [-0.25, -0.2) is 0 Å². The summed E-state index contributed by atoms with van der Waals surface area (Å²) < 4.78 is 6.21. The molecule has 0 spiro atoms. The van der Waals surface area contributed by atoms with Gasteiger partial charge in [0.15, 0.2) is 8.32 Å². The molecular formula is C21H44O2Si. The van der Waals surface area contributed by atoms with E-state index in [0.717, 1.165) is 32.3 Å². The number of Topliss-reactive ketones (excluding diaryl/α,β-unsaturated/α-hetero) is 1. The Bertz CT molecular complexity index is 318. The van der Waals surface area contributed by atoms with Gasteiger partial charge in [-0.1, -0.05) is 72.6 Å². The van der Waals surface area contributed by atoms with Crippen LogP contribution in [0.25, 0.3) is 0 Å². The Hall–Kier alpha value is -0.153. The highest BCUT2D eigenvalue weighted by molar-refractivity contribution is 6.74. The summed E-state index contributed by atoms with van der Waals surface area (Å²) in [6.45, 7) is 14.7. The van der Waals surface area contributed by atoms with Crippen LogP contribution in [0.1, 0.15) is 105 Å². The van der Waals surface area contributed by atoms with E-state index in [0.29, 0.717) is 10.8 Å². The van der Waals surface area contributed by atoms with Crippen molar-refractivity contribution >= 4 is 14.1 Å². The van der Waals surface area contributed by atoms with Crippen LogP contribution >= 0.6 is 0 Å². The average molecular weight is 357 g/mol. The van der Waals surface area contributed by atoms with Crippen LogP contribution in [0.15, 0.2) is 0 Å². The molecule has 24 heavy (non-hydrogen) atoms. The van der Waals surface area contributed by atoms with Gasteiger partial charge < -0.3 is 4.43 Å². The number of ketones is 1. The van der Waals surface area contributed by atoms with Crippen molar-refractivity contribution in [1.82, 2.24) is 0 Å². The van der Waals surface area contributed by atoms with Gasteiger partial charge in [0.25, 0.3) is 0 Å². The summed E-state index contributed by atoms with van der Waals surface area (Å²) in [6, 6.07) is 0. The van der Waals surface area contributed by atoms with E-state index in [1.165, 1.54) is 51.4 Å². The number of rotatable bonds is 15. The van der Waals surface area contributed by atoms with Gasteiger partial charge in [-0.2, -0.15) is 0 Å². The molecule has 0 aromatic rings. The fourth-order valence-electron chi connectivity index (χ4n) is 2.55. The molecule has 0 rings (SSSR count). The molecule has 144 valence electrons. The third kappa shape index (κ3) is 12.2. The van der Waals surface area contributed by atoms with Crippen molar-refractivity contribution in [3.63, 3.8) is 0 Å². The molecule has 0 amide bonds. The minimum absolute atomic E-state index is 0.320. The van der Waals surface area contributed by atoms with Gasteiger partial charge in [0.05, 0.1) is 0 Å². The molecule has 0 bridgehead atoms. The van der Waals surface area contributed by atoms with Crippen molar-refractivity contribution < 1.29 is 9.22 Å². The fourth-order valence-corrected chi connectivity index (χ4v) is 3.64. The van der Waals surface area contributed by atoms with Gasteiger partial charge >= 0.3 is 0 Å². The highest BCUT2D eigenvalue weighted by Gasteiger charge is 2.36. The van der Waals surface area contributed by atoms with Crippen molar-refractivity contribution in [2.24, 2.45) is 0 Å². The number of carbonyl (C=O) groups is 1. The van der Waals surface area contributed by atoms with Crippen molar-refractivity contribution in [2.45, 2.75) is 123 Å². The van der Waals surface area contributed by atoms with E-state index in [1.807, 2.05) is 0 Å². The molecular weight excluding hydrogens is 312 g/mol. The summed E-state index contributed by atoms with van der Waals surface area (Å²) in [5, 5.41) is 0.320. The van der Waals surface area contributed by atoms with Gasteiger partial charge in [0.2, 0.25) is 0 Å². The zero-order chi connectivity index (χ0) is 18.5. The molecule has 2 nitrogen and oxygen atoms in total. The summed E-state index contributed by atoms with van der Waals surface area (Å²) in [5.41, 5.74) is 0. The molecule has 0 aromatic heterocycles. The number of hydrogen-bond donors (Lipinski definition) is 0. The van der Waals surface area contributed by atoms with Gasteiger partial charge in [0.1, 0.15) is 5.78 Å². The summed E-state index contributed by atoms with van der Waals surface area (Å²) >= 11 is 0.